The Kier molecular flexibility index (Phi) is 6.40. The lowest BCUT2D eigenvalue weighted by molar-refractivity contribution is 0.172. The molecule has 1 aliphatic carbocycles. The zero-order valence-electron chi connectivity index (χ0n) is 23.3. The van der Waals surface area contributed by atoms with Crippen molar-refractivity contribution >= 4 is 18.8 Å². The molecule has 0 saturated carbocycles. The summed E-state index contributed by atoms with van der Waals surface area (Å²) in [6, 6.07) is 9.00. The number of benzene rings is 2. The minimum absolute atomic E-state index is 0.120. The van der Waals surface area contributed by atoms with Gasteiger partial charge in [-0.25, -0.2) is 0 Å². The van der Waals surface area contributed by atoms with Crippen LogP contribution in [0.3, 0.4) is 0 Å². The minimum Gasteiger partial charge on any atom is -0.493 e. The monoisotopic (exact) mass is 507 g/mol. The smallest absolute Gasteiger partial charge is 0.231 e. The van der Waals surface area contributed by atoms with Crippen molar-refractivity contribution in [3.8, 4) is 23.0 Å². The molecular weight excluding hydrogens is 466 g/mol. The number of hydrogen-bond donors (Lipinski definition) is 0. The summed E-state index contributed by atoms with van der Waals surface area (Å²) < 4.78 is 23.6. The van der Waals surface area contributed by atoms with Crippen LogP contribution in [0.4, 0.5) is 0 Å². The molecule has 2 heterocycles. The highest BCUT2D eigenvalue weighted by molar-refractivity contribution is 7.01. The van der Waals surface area contributed by atoms with Crippen LogP contribution in [0.15, 0.2) is 24.3 Å². The van der Waals surface area contributed by atoms with Crippen molar-refractivity contribution in [2.75, 3.05) is 34.6 Å². The normalized spacial score (nSPS) is 19.1. The molecule has 2 aromatic carbocycles. The van der Waals surface area contributed by atoms with Crippen molar-refractivity contribution < 1.29 is 18.9 Å². The van der Waals surface area contributed by atoms with Gasteiger partial charge in [0.2, 0.25) is 6.79 Å². The number of likely N-dealkylation sites (N-methyl/N-ethyl adjacent to an activating group) is 1. The molecule has 194 valence electrons. The average molecular weight is 508 g/mol. The molecule has 5 nitrogen and oxygen atoms in total. The first-order valence-corrected chi connectivity index (χ1v) is 15.5. The standard InChI is InChI=1S/C30H41NO4Si/c1-17(2)36(18(3)4,19(5)6)30-21-10-11-23-29(35-16-34-23)26(21)28-27(30)22-15-25(33-9)24(32-8)14-20(22)12-13-31(28)7/h10-11,14-15,17-19,28H,12-13,16H2,1-9H3. The first-order chi connectivity index (χ1) is 17.2. The Morgan fingerprint density at radius 1 is 0.889 bits per heavy atom. The molecular formula is C30H41NO4Si. The third-order valence-corrected chi connectivity index (χ3v) is 16.2. The van der Waals surface area contributed by atoms with E-state index < -0.39 is 8.07 Å². The molecule has 0 aromatic heterocycles. The van der Waals surface area contributed by atoms with Crippen LogP contribution in [0.2, 0.25) is 16.6 Å². The van der Waals surface area contributed by atoms with Crippen LogP contribution in [0.5, 0.6) is 23.0 Å². The Bertz CT molecular complexity index is 1190. The largest absolute Gasteiger partial charge is 0.493 e. The SMILES string of the molecule is COc1cc2c(cc1OC)C1=C([Si](C(C)C)(C(C)C)C(C)C)c3ccc4c(c3C1N(C)CC2)OCO4. The highest BCUT2D eigenvalue weighted by Crippen LogP contribution is 2.63. The van der Waals surface area contributed by atoms with E-state index in [1.807, 2.05) is 0 Å². The van der Waals surface area contributed by atoms with Gasteiger partial charge in [-0.3, -0.25) is 4.90 Å². The number of methoxy groups -OCH3 is 2. The van der Waals surface area contributed by atoms with E-state index in [1.54, 1.807) is 19.4 Å². The van der Waals surface area contributed by atoms with Gasteiger partial charge < -0.3 is 18.9 Å². The van der Waals surface area contributed by atoms with E-state index in [9.17, 15) is 0 Å². The van der Waals surface area contributed by atoms with Crippen LogP contribution in [0.1, 0.15) is 69.8 Å². The van der Waals surface area contributed by atoms with Crippen molar-refractivity contribution in [1.29, 1.82) is 0 Å². The Morgan fingerprint density at radius 2 is 1.53 bits per heavy atom. The van der Waals surface area contributed by atoms with Crippen molar-refractivity contribution in [1.82, 2.24) is 4.90 Å². The lowest BCUT2D eigenvalue weighted by Crippen LogP contribution is -2.46. The van der Waals surface area contributed by atoms with Crippen LogP contribution in [0, 0.1) is 0 Å². The Balaban J connectivity index is 1.95. The fraction of sp³-hybridized carbons (Fsp3) is 0.533. The van der Waals surface area contributed by atoms with Gasteiger partial charge in [-0.1, -0.05) is 47.6 Å². The number of nitrogens with zero attached hydrogens (tertiary/aromatic N) is 1. The molecule has 0 N–H and O–H groups in total. The molecule has 0 radical (unpaired) electrons. The van der Waals surface area contributed by atoms with Crippen molar-refractivity contribution in [3.05, 3.63) is 46.5 Å². The molecule has 0 bridgehead atoms. The molecule has 36 heavy (non-hydrogen) atoms. The van der Waals surface area contributed by atoms with E-state index in [4.69, 9.17) is 18.9 Å². The van der Waals surface area contributed by atoms with E-state index in [0.717, 1.165) is 36.0 Å². The number of fused-ring (bicyclic) bond motifs is 7. The number of hydrogen-bond acceptors (Lipinski definition) is 5. The summed E-state index contributed by atoms with van der Waals surface area (Å²) in [6.45, 7) is 16.0. The van der Waals surface area contributed by atoms with Gasteiger partial charge in [0.25, 0.3) is 0 Å². The maximum Gasteiger partial charge on any atom is 0.231 e. The molecule has 3 aliphatic rings. The molecule has 2 aliphatic heterocycles. The van der Waals surface area contributed by atoms with Crippen molar-refractivity contribution in [3.63, 3.8) is 0 Å². The van der Waals surface area contributed by atoms with Crippen LogP contribution >= 0.6 is 0 Å². The fourth-order valence-corrected chi connectivity index (χ4v) is 14.9. The van der Waals surface area contributed by atoms with E-state index >= 15 is 0 Å². The zero-order chi connectivity index (χ0) is 25.9. The van der Waals surface area contributed by atoms with E-state index in [-0.39, 0.29) is 12.8 Å². The highest BCUT2D eigenvalue weighted by atomic mass is 28.3. The van der Waals surface area contributed by atoms with Gasteiger partial charge in [0.15, 0.2) is 23.0 Å². The average Bonchev–Trinajstić information content (AvgIpc) is 3.41. The highest BCUT2D eigenvalue weighted by Gasteiger charge is 2.53. The maximum atomic E-state index is 6.19. The quantitative estimate of drug-likeness (QED) is 0.390. The van der Waals surface area contributed by atoms with Gasteiger partial charge in [-0.05, 0) is 75.8 Å². The Labute approximate surface area is 217 Å². The fourth-order valence-electron chi connectivity index (χ4n) is 7.77. The second-order valence-electron chi connectivity index (χ2n) is 11.4. The molecule has 1 atom stereocenters. The van der Waals surface area contributed by atoms with Crippen molar-refractivity contribution in [2.24, 2.45) is 0 Å². The van der Waals surface area contributed by atoms with E-state index in [1.165, 1.54) is 27.8 Å². The molecule has 5 rings (SSSR count). The summed E-state index contributed by atoms with van der Waals surface area (Å²) >= 11 is 0. The van der Waals surface area contributed by atoms with Crippen LogP contribution in [0.25, 0.3) is 10.8 Å². The van der Waals surface area contributed by atoms with Crippen LogP contribution < -0.4 is 18.9 Å². The molecule has 6 heteroatoms. The van der Waals surface area contributed by atoms with Crippen LogP contribution in [-0.2, 0) is 6.42 Å². The molecule has 2 aromatic rings. The van der Waals surface area contributed by atoms with E-state index in [0.29, 0.717) is 16.6 Å². The molecule has 1 unspecified atom stereocenters. The Hall–Kier alpha value is -2.44. The van der Waals surface area contributed by atoms with Gasteiger partial charge >= 0.3 is 0 Å². The number of ether oxygens (including phenoxy) is 4. The van der Waals surface area contributed by atoms with Crippen LogP contribution in [-0.4, -0.2) is 47.6 Å². The summed E-state index contributed by atoms with van der Waals surface area (Å²) in [6.07, 6.45) is 0.959. The third kappa shape index (κ3) is 3.37. The summed E-state index contributed by atoms with van der Waals surface area (Å²) in [5.41, 5.74) is 8.48. The topological polar surface area (TPSA) is 40.2 Å². The predicted octanol–water partition coefficient (Wildman–Crippen LogP) is 7.10. The second-order valence-corrected chi connectivity index (χ2v) is 17.3. The van der Waals surface area contributed by atoms with Gasteiger partial charge in [0.05, 0.1) is 28.3 Å². The van der Waals surface area contributed by atoms with Gasteiger partial charge in [0.1, 0.15) is 0 Å². The molecule has 0 amide bonds. The Morgan fingerprint density at radius 3 is 2.14 bits per heavy atom. The lowest BCUT2D eigenvalue weighted by atomic mass is 9.93. The summed E-state index contributed by atoms with van der Waals surface area (Å²) in [5.74, 6) is 3.39. The molecule has 0 fully saturated rings. The van der Waals surface area contributed by atoms with Gasteiger partial charge in [-0.2, -0.15) is 0 Å². The van der Waals surface area contributed by atoms with Crippen molar-refractivity contribution in [2.45, 2.75) is 70.6 Å². The first kappa shape index (κ1) is 25.2. The summed E-state index contributed by atoms with van der Waals surface area (Å²) in [7, 11) is 3.64. The number of rotatable bonds is 6. The lowest BCUT2D eigenvalue weighted by Gasteiger charge is -2.46. The molecule has 0 spiro atoms. The zero-order valence-corrected chi connectivity index (χ0v) is 24.3. The third-order valence-electron chi connectivity index (χ3n) is 9.04. The maximum absolute atomic E-state index is 6.19. The van der Waals surface area contributed by atoms with E-state index in [2.05, 4.69) is 77.8 Å². The minimum atomic E-state index is -2.07. The summed E-state index contributed by atoms with van der Waals surface area (Å²) in [5, 5.41) is 1.60. The predicted molar refractivity (Wildman–Crippen MR) is 149 cm³/mol. The van der Waals surface area contributed by atoms with Gasteiger partial charge in [-0.15, -0.1) is 0 Å². The second kappa shape index (κ2) is 9.14. The first-order valence-electron chi connectivity index (χ1n) is 13.3. The van der Waals surface area contributed by atoms with Gasteiger partial charge in [0, 0.05) is 12.1 Å². The molecule has 0 saturated heterocycles. The summed E-state index contributed by atoms with van der Waals surface area (Å²) in [4.78, 5) is 2.52.